The van der Waals surface area contributed by atoms with E-state index in [0.29, 0.717) is 22.6 Å². The topological polar surface area (TPSA) is 126 Å². The van der Waals surface area contributed by atoms with Gasteiger partial charge in [-0.25, -0.2) is 9.78 Å². The number of hydrogen-bond donors (Lipinski definition) is 2. The standard InChI is InChI=1S/C25H22N2O7S/c1-12-11-15(7-10-17(12)33-3)20(29)18-19(14-5-8-16(28)9-6-14)27(23(31)21(18)30)25-26-13(2)22(35-25)24(32)34-4/h5-11,19,28-29H,1-4H3/t19-/m1/s1. The molecule has 0 spiro atoms. The van der Waals surface area contributed by atoms with Gasteiger partial charge in [-0.1, -0.05) is 23.5 Å². The summed E-state index contributed by atoms with van der Waals surface area (Å²) in [5.41, 5.74) is 1.72. The lowest BCUT2D eigenvalue weighted by molar-refractivity contribution is -0.132. The van der Waals surface area contributed by atoms with Crippen LogP contribution in [0.4, 0.5) is 5.13 Å². The summed E-state index contributed by atoms with van der Waals surface area (Å²) in [7, 11) is 2.76. The summed E-state index contributed by atoms with van der Waals surface area (Å²) in [6.45, 7) is 3.39. The summed E-state index contributed by atoms with van der Waals surface area (Å²) >= 11 is 0.911. The van der Waals surface area contributed by atoms with Crippen molar-refractivity contribution >= 4 is 39.9 Å². The number of phenolic OH excluding ortho intramolecular Hbond substituents is 1. The number of benzene rings is 2. The molecule has 1 amide bonds. The number of aromatic nitrogens is 1. The Morgan fingerprint density at radius 3 is 2.37 bits per heavy atom. The smallest absolute Gasteiger partial charge is 0.350 e. The van der Waals surface area contributed by atoms with Crippen LogP contribution in [0.3, 0.4) is 0 Å². The fraction of sp³-hybridized carbons (Fsp3) is 0.200. The molecule has 1 fully saturated rings. The SMILES string of the molecule is COC(=O)c1sc(N2C(=O)C(=O)C(=C(O)c3ccc(OC)c(C)c3)[C@H]2c2ccc(O)cc2)nc1C. The van der Waals surface area contributed by atoms with Gasteiger partial charge in [-0.3, -0.25) is 14.5 Å². The van der Waals surface area contributed by atoms with E-state index in [4.69, 9.17) is 9.47 Å². The maximum atomic E-state index is 13.2. The number of ketones is 1. The van der Waals surface area contributed by atoms with Crippen molar-refractivity contribution in [3.05, 3.63) is 75.3 Å². The number of amides is 1. The molecule has 35 heavy (non-hydrogen) atoms. The second-order valence-electron chi connectivity index (χ2n) is 7.85. The van der Waals surface area contributed by atoms with Gasteiger partial charge in [0.15, 0.2) is 5.13 Å². The lowest BCUT2D eigenvalue weighted by Crippen LogP contribution is -2.29. The van der Waals surface area contributed by atoms with E-state index in [9.17, 15) is 24.6 Å². The fourth-order valence-electron chi connectivity index (χ4n) is 3.95. The number of esters is 1. The van der Waals surface area contributed by atoms with E-state index >= 15 is 0 Å². The number of aryl methyl sites for hydroxylation is 2. The fourth-order valence-corrected chi connectivity index (χ4v) is 4.96. The number of phenols is 1. The van der Waals surface area contributed by atoms with Gasteiger partial charge in [0.1, 0.15) is 22.1 Å². The van der Waals surface area contributed by atoms with Crippen LogP contribution in [-0.2, 0) is 14.3 Å². The molecule has 0 aliphatic carbocycles. The number of Topliss-reactive ketones (excluding diaryl/α,β-unsaturated/α-hetero) is 1. The van der Waals surface area contributed by atoms with Gasteiger partial charge < -0.3 is 19.7 Å². The Morgan fingerprint density at radius 1 is 1.09 bits per heavy atom. The molecule has 3 aromatic rings. The summed E-state index contributed by atoms with van der Waals surface area (Å²) in [4.78, 5) is 44.3. The molecule has 0 radical (unpaired) electrons. The largest absolute Gasteiger partial charge is 0.508 e. The van der Waals surface area contributed by atoms with Crippen molar-refractivity contribution in [3.63, 3.8) is 0 Å². The van der Waals surface area contributed by atoms with E-state index < -0.39 is 23.7 Å². The molecular weight excluding hydrogens is 472 g/mol. The van der Waals surface area contributed by atoms with Gasteiger partial charge >= 0.3 is 11.9 Å². The number of anilines is 1. The van der Waals surface area contributed by atoms with Crippen LogP contribution < -0.4 is 9.64 Å². The van der Waals surface area contributed by atoms with E-state index in [1.165, 1.54) is 26.4 Å². The van der Waals surface area contributed by atoms with Gasteiger partial charge in [-0.05, 0) is 55.3 Å². The average molecular weight is 495 g/mol. The van der Waals surface area contributed by atoms with Crippen molar-refractivity contribution in [1.29, 1.82) is 0 Å². The number of aliphatic hydroxyl groups is 1. The Hall–Kier alpha value is -4.18. The molecule has 1 saturated heterocycles. The molecule has 0 bridgehead atoms. The Balaban J connectivity index is 1.93. The third-order valence-corrected chi connectivity index (χ3v) is 6.82. The predicted octanol–water partition coefficient (Wildman–Crippen LogP) is 3.89. The van der Waals surface area contributed by atoms with Crippen LogP contribution in [0.25, 0.3) is 5.76 Å². The number of aromatic hydroxyl groups is 1. The highest BCUT2D eigenvalue weighted by atomic mass is 32.1. The summed E-state index contributed by atoms with van der Waals surface area (Å²) < 4.78 is 10.1. The first-order chi connectivity index (χ1) is 16.7. The summed E-state index contributed by atoms with van der Waals surface area (Å²) in [6, 6.07) is 9.78. The zero-order chi connectivity index (χ0) is 25.4. The van der Waals surface area contributed by atoms with Crippen LogP contribution in [0.15, 0.2) is 48.0 Å². The number of carbonyl (C=O) groups excluding carboxylic acids is 3. The lowest BCUT2D eigenvalue weighted by atomic mass is 9.95. The molecule has 4 rings (SSSR count). The van der Waals surface area contributed by atoms with Crippen LogP contribution in [-0.4, -0.2) is 47.1 Å². The highest BCUT2D eigenvalue weighted by Gasteiger charge is 2.48. The first-order valence-electron chi connectivity index (χ1n) is 10.5. The minimum atomic E-state index is -1.05. The quantitative estimate of drug-likeness (QED) is 0.237. The van der Waals surface area contributed by atoms with E-state index in [1.807, 2.05) is 0 Å². The molecule has 2 heterocycles. The second kappa shape index (κ2) is 9.22. The van der Waals surface area contributed by atoms with Crippen LogP contribution in [0.1, 0.15) is 38.1 Å². The monoisotopic (exact) mass is 494 g/mol. The Kier molecular flexibility index (Phi) is 6.31. The number of rotatable bonds is 5. The summed E-state index contributed by atoms with van der Waals surface area (Å²) in [5.74, 6) is -2.18. The Morgan fingerprint density at radius 2 is 1.77 bits per heavy atom. The van der Waals surface area contributed by atoms with Crippen LogP contribution in [0.5, 0.6) is 11.5 Å². The van der Waals surface area contributed by atoms with Crippen LogP contribution in [0.2, 0.25) is 0 Å². The van der Waals surface area contributed by atoms with Crippen LogP contribution >= 0.6 is 11.3 Å². The second-order valence-corrected chi connectivity index (χ2v) is 8.83. The normalized spacial score (nSPS) is 17.0. The van der Waals surface area contributed by atoms with Crippen molar-refractivity contribution in [2.24, 2.45) is 0 Å². The highest BCUT2D eigenvalue weighted by Crippen LogP contribution is 2.44. The average Bonchev–Trinajstić information content (AvgIpc) is 3.35. The van der Waals surface area contributed by atoms with E-state index in [2.05, 4.69) is 4.98 Å². The summed E-state index contributed by atoms with van der Waals surface area (Å²) in [6.07, 6.45) is 0. The summed E-state index contributed by atoms with van der Waals surface area (Å²) in [5, 5.41) is 21.1. The number of nitrogens with zero attached hydrogens (tertiary/aromatic N) is 2. The Labute approximate surface area is 204 Å². The maximum absolute atomic E-state index is 13.2. The molecule has 180 valence electrons. The van der Waals surface area contributed by atoms with Crippen molar-refractivity contribution in [2.75, 3.05) is 19.1 Å². The molecule has 1 aliphatic rings. The number of hydrogen-bond acceptors (Lipinski definition) is 9. The molecule has 1 aromatic heterocycles. The molecule has 2 aromatic carbocycles. The minimum Gasteiger partial charge on any atom is -0.508 e. The van der Waals surface area contributed by atoms with Crippen molar-refractivity contribution in [2.45, 2.75) is 19.9 Å². The van der Waals surface area contributed by atoms with Crippen molar-refractivity contribution in [3.8, 4) is 11.5 Å². The van der Waals surface area contributed by atoms with Gasteiger partial charge in [-0.2, -0.15) is 0 Å². The number of ether oxygens (including phenoxy) is 2. The third-order valence-electron chi connectivity index (χ3n) is 5.68. The van der Waals surface area contributed by atoms with E-state index in [1.54, 1.807) is 44.2 Å². The van der Waals surface area contributed by atoms with Gasteiger partial charge in [0.25, 0.3) is 5.78 Å². The highest BCUT2D eigenvalue weighted by molar-refractivity contribution is 7.17. The molecule has 1 atom stereocenters. The van der Waals surface area contributed by atoms with Crippen molar-refractivity contribution < 1.29 is 34.1 Å². The van der Waals surface area contributed by atoms with Gasteiger partial charge in [-0.15, -0.1) is 0 Å². The predicted molar refractivity (Wildman–Crippen MR) is 129 cm³/mol. The van der Waals surface area contributed by atoms with Crippen molar-refractivity contribution in [1.82, 2.24) is 4.98 Å². The van der Waals surface area contributed by atoms with Crippen LogP contribution in [0, 0.1) is 13.8 Å². The first kappa shape index (κ1) is 24.0. The third kappa shape index (κ3) is 4.12. The zero-order valence-electron chi connectivity index (χ0n) is 19.4. The molecule has 10 heteroatoms. The molecule has 0 unspecified atom stereocenters. The van der Waals surface area contributed by atoms with Gasteiger partial charge in [0.2, 0.25) is 0 Å². The number of methoxy groups -OCH3 is 2. The molecule has 9 nitrogen and oxygen atoms in total. The Bertz CT molecular complexity index is 1370. The van der Waals surface area contributed by atoms with Gasteiger partial charge in [0.05, 0.1) is 31.5 Å². The van der Waals surface area contributed by atoms with Gasteiger partial charge in [0, 0.05) is 5.56 Å². The number of aliphatic hydroxyl groups excluding tert-OH is 1. The minimum absolute atomic E-state index is 0.00505. The molecule has 0 saturated carbocycles. The maximum Gasteiger partial charge on any atom is 0.350 e. The van der Waals surface area contributed by atoms with E-state index in [0.717, 1.165) is 21.8 Å². The molecule has 2 N–H and O–H groups in total. The first-order valence-corrected chi connectivity index (χ1v) is 11.3. The molecule has 1 aliphatic heterocycles. The number of thiazole rings is 1. The molecular formula is C25H22N2O7S. The lowest BCUT2D eigenvalue weighted by Gasteiger charge is -2.23. The number of carbonyl (C=O) groups is 3. The zero-order valence-corrected chi connectivity index (χ0v) is 20.2. The van der Waals surface area contributed by atoms with E-state index in [-0.39, 0.29) is 27.1 Å².